The lowest BCUT2D eigenvalue weighted by atomic mass is 9.85. The van der Waals surface area contributed by atoms with Crippen LogP contribution in [0.5, 0.6) is 0 Å². The van der Waals surface area contributed by atoms with E-state index in [9.17, 15) is 5.26 Å². The maximum atomic E-state index is 9.31. The van der Waals surface area contributed by atoms with E-state index in [1.54, 1.807) is 0 Å². The molecule has 1 aliphatic carbocycles. The summed E-state index contributed by atoms with van der Waals surface area (Å²) < 4.78 is 1.84. The van der Waals surface area contributed by atoms with Crippen LogP contribution in [0.2, 0.25) is 0 Å². The van der Waals surface area contributed by atoms with E-state index < -0.39 is 0 Å². The first-order valence-corrected chi connectivity index (χ1v) is 6.97. The number of anilines is 1. The van der Waals surface area contributed by atoms with Crippen LogP contribution < -0.4 is 5.73 Å². The van der Waals surface area contributed by atoms with Gasteiger partial charge in [-0.25, -0.2) is 4.68 Å². The number of hydrogen-bond acceptors (Lipinski definition) is 3. The maximum absolute atomic E-state index is 9.31. The minimum absolute atomic E-state index is 0.259. The Bertz CT molecular complexity index is 449. The van der Waals surface area contributed by atoms with Crippen molar-refractivity contribution in [2.45, 2.75) is 64.3 Å². The van der Waals surface area contributed by atoms with Crippen LogP contribution in [0.3, 0.4) is 0 Å². The summed E-state index contributed by atoms with van der Waals surface area (Å²) >= 11 is 0. The molecule has 0 amide bonds. The number of rotatable bonds is 3. The Morgan fingerprint density at radius 2 is 2.11 bits per heavy atom. The van der Waals surface area contributed by atoms with Gasteiger partial charge in [0.1, 0.15) is 17.5 Å². The smallest absolute Gasteiger partial charge is 0.140 e. The van der Waals surface area contributed by atoms with Crippen LogP contribution in [0.25, 0.3) is 0 Å². The van der Waals surface area contributed by atoms with Gasteiger partial charge in [0.15, 0.2) is 0 Å². The Balaban J connectivity index is 2.37. The van der Waals surface area contributed by atoms with Gasteiger partial charge < -0.3 is 5.73 Å². The number of nitrogens with two attached hydrogens (primary N) is 1. The molecule has 0 aromatic carbocycles. The van der Waals surface area contributed by atoms with Crippen LogP contribution in [-0.2, 0) is 0 Å². The van der Waals surface area contributed by atoms with Crippen LogP contribution in [0, 0.1) is 11.3 Å². The van der Waals surface area contributed by atoms with Crippen molar-refractivity contribution in [3.05, 3.63) is 11.3 Å². The predicted molar refractivity (Wildman–Crippen MR) is 72.2 cm³/mol. The highest BCUT2D eigenvalue weighted by molar-refractivity contribution is 5.53. The standard InChI is InChI=1S/C14H22N4/c1-3-10(2)18-14(16)12(9-15)13(17-18)11-7-5-4-6-8-11/h10-11H,3-8,16H2,1-2H3/t10-/m0/s1. The summed E-state index contributed by atoms with van der Waals surface area (Å²) in [6, 6.07) is 2.51. The molecule has 4 heteroatoms. The topological polar surface area (TPSA) is 67.6 Å². The Kier molecular flexibility index (Phi) is 3.90. The second-order valence-corrected chi connectivity index (χ2v) is 5.29. The van der Waals surface area contributed by atoms with Gasteiger partial charge in [0.25, 0.3) is 0 Å². The molecular weight excluding hydrogens is 224 g/mol. The van der Waals surface area contributed by atoms with Gasteiger partial charge in [-0.15, -0.1) is 0 Å². The minimum atomic E-state index is 0.259. The van der Waals surface area contributed by atoms with Gasteiger partial charge in [-0.1, -0.05) is 26.2 Å². The number of nitrogens with zero attached hydrogens (tertiary/aromatic N) is 3. The molecule has 0 saturated heterocycles. The lowest BCUT2D eigenvalue weighted by Gasteiger charge is -2.19. The highest BCUT2D eigenvalue weighted by Crippen LogP contribution is 2.36. The van der Waals surface area contributed by atoms with E-state index in [1.165, 1.54) is 19.3 Å². The van der Waals surface area contributed by atoms with Crippen molar-refractivity contribution in [3.8, 4) is 6.07 Å². The van der Waals surface area contributed by atoms with Gasteiger partial charge in [0.2, 0.25) is 0 Å². The maximum Gasteiger partial charge on any atom is 0.140 e. The summed E-state index contributed by atoms with van der Waals surface area (Å²) in [5, 5.41) is 14.0. The van der Waals surface area contributed by atoms with E-state index in [-0.39, 0.29) is 6.04 Å². The molecule has 1 fully saturated rings. The molecule has 2 rings (SSSR count). The molecule has 1 aliphatic rings. The van der Waals surface area contributed by atoms with Crippen molar-refractivity contribution in [1.29, 1.82) is 5.26 Å². The zero-order valence-electron chi connectivity index (χ0n) is 11.3. The third-order valence-electron chi connectivity index (χ3n) is 4.09. The van der Waals surface area contributed by atoms with Crippen molar-refractivity contribution < 1.29 is 0 Å². The van der Waals surface area contributed by atoms with Crippen LogP contribution >= 0.6 is 0 Å². The molecule has 1 aromatic rings. The van der Waals surface area contributed by atoms with E-state index in [0.717, 1.165) is 25.0 Å². The summed E-state index contributed by atoms with van der Waals surface area (Å²) in [6.07, 6.45) is 7.05. The molecule has 0 aliphatic heterocycles. The van der Waals surface area contributed by atoms with Gasteiger partial charge in [-0.3, -0.25) is 0 Å². The molecule has 1 aromatic heterocycles. The monoisotopic (exact) mass is 246 g/mol. The first-order valence-electron chi connectivity index (χ1n) is 6.97. The first-order chi connectivity index (χ1) is 8.69. The van der Waals surface area contributed by atoms with E-state index >= 15 is 0 Å². The molecular formula is C14H22N4. The van der Waals surface area contributed by atoms with Crippen molar-refractivity contribution in [2.75, 3.05) is 5.73 Å². The molecule has 98 valence electrons. The van der Waals surface area contributed by atoms with Gasteiger partial charge >= 0.3 is 0 Å². The van der Waals surface area contributed by atoms with Crippen LogP contribution in [-0.4, -0.2) is 9.78 Å². The Hall–Kier alpha value is -1.50. The molecule has 0 bridgehead atoms. The highest BCUT2D eigenvalue weighted by atomic mass is 15.3. The van der Waals surface area contributed by atoms with Crippen molar-refractivity contribution in [2.24, 2.45) is 0 Å². The largest absolute Gasteiger partial charge is 0.383 e. The third kappa shape index (κ3) is 2.22. The molecule has 0 spiro atoms. The Morgan fingerprint density at radius 1 is 1.44 bits per heavy atom. The van der Waals surface area contributed by atoms with Gasteiger partial charge in [-0.05, 0) is 26.2 Å². The van der Waals surface area contributed by atoms with Crippen molar-refractivity contribution in [3.63, 3.8) is 0 Å². The van der Waals surface area contributed by atoms with Crippen LogP contribution in [0.4, 0.5) is 5.82 Å². The van der Waals surface area contributed by atoms with Crippen LogP contribution in [0.1, 0.15) is 75.6 Å². The zero-order chi connectivity index (χ0) is 13.1. The molecule has 1 heterocycles. The van der Waals surface area contributed by atoms with Crippen LogP contribution in [0.15, 0.2) is 0 Å². The van der Waals surface area contributed by atoms with Gasteiger partial charge in [0.05, 0.1) is 11.7 Å². The molecule has 0 unspecified atom stereocenters. The first kappa shape index (κ1) is 12.9. The number of nitrogen functional groups attached to an aromatic ring is 1. The average molecular weight is 246 g/mol. The Morgan fingerprint density at radius 3 is 2.67 bits per heavy atom. The van der Waals surface area contributed by atoms with E-state index in [1.807, 2.05) is 4.68 Å². The highest BCUT2D eigenvalue weighted by Gasteiger charge is 2.25. The van der Waals surface area contributed by atoms with Gasteiger partial charge in [-0.2, -0.15) is 10.4 Å². The van der Waals surface area contributed by atoms with Crippen molar-refractivity contribution in [1.82, 2.24) is 9.78 Å². The van der Waals surface area contributed by atoms with E-state index in [2.05, 4.69) is 25.0 Å². The number of nitriles is 1. The summed E-state index contributed by atoms with van der Waals surface area (Å²) in [7, 11) is 0. The second-order valence-electron chi connectivity index (χ2n) is 5.29. The molecule has 0 radical (unpaired) electrons. The number of hydrogen-bond donors (Lipinski definition) is 1. The minimum Gasteiger partial charge on any atom is -0.383 e. The zero-order valence-corrected chi connectivity index (χ0v) is 11.3. The van der Waals surface area contributed by atoms with E-state index in [0.29, 0.717) is 17.3 Å². The normalized spacial score (nSPS) is 18.5. The van der Waals surface area contributed by atoms with Gasteiger partial charge in [0, 0.05) is 5.92 Å². The Labute approximate surface area is 109 Å². The van der Waals surface area contributed by atoms with E-state index in [4.69, 9.17) is 5.73 Å². The molecule has 4 nitrogen and oxygen atoms in total. The molecule has 2 N–H and O–H groups in total. The fourth-order valence-electron chi connectivity index (χ4n) is 2.75. The summed E-state index contributed by atoms with van der Waals surface area (Å²) in [5.74, 6) is 0.980. The predicted octanol–water partition coefficient (Wildman–Crippen LogP) is 3.36. The molecule has 1 saturated carbocycles. The molecule has 18 heavy (non-hydrogen) atoms. The second kappa shape index (κ2) is 5.43. The molecule has 1 atom stereocenters. The SMILES string of the molecule is CC[C@H](C)n1nc(C2CCCCC2)c(C#N)c1N. The lowest BCUT2D eigenvalue weighted by molar-refractivity contribution is 0.421. The summed E-state index contributed by atoms with van der Waals surface area (Å²) in [5.41, 5.74) is 7.63. The fourth-order valence-corrected chi connectivity index (χ4v) is 2.75. The summed E-state index contributed by atoms with van der Waals surface area (Å²) in [6.45, 7) is 4.20. The van der Waals surface area contributed by atoms with Crippen molar-refractivity contribution >= 4 is 5.82 Å². The fraction of sp³-hybridized carbons (Fsp3) is 0.714. The summed E-state index contributed by atoms with van der Waals surface area (Å²) in [4.78, 5) is 0. The number of aromatic nitrogens is 2. The lowest BCUT2D eigenvalue weighted by Crippen LogP contribution is -2.10. The quantitative estimate of drug-likeness (QED) is 0.889. The third-order valence-corrected chi connectivity index (χ3v) is 4.09. The average Bonchev–Trinajstić information content (AvgIpc) is 2.76.